The van der Waals surface area contributed by atoms with Crippen LogP contribution in [0.25, 0.3) is 0 Å². The minimum absolute atomic E-state index is 0.271. The van der Waals surface area contributed by atoms with Gasteiger partial charge in [0.15, 0.2) is 0 Å². The molecule has 0 N–H and O–H groups in total. The summed E-state index contributed by atoms with van der Waals surface area (Å²) in [6, 6.07) is 1.17. The average molecular weight is 292 g/mol. The fraction of sp³-hybridized carbons (Fsp3) is 0.875. The largest absolute Gasteiger partial charge is 0.380 e. The third-order valence-electron chi connectivity index (χ3n) is 4.56. The normalized spacial score (nSPS) is 25.6. The van der Waals surface area contributed by atoms with Crippen LogP contribution >= 0.6 is 0 Å². The van der Waals surface area contributed by atoms with Gasteiger partial charge in [-0.1, -0.05) is 26.0 Å². The fourth-order valence-corrected chi connectivity index (χ4v) is 3.44. The van der Waals surface area contributed by atoms with Crippen LogP contribution < -0.4 is 0 Å². The van der Waals surface area contributed by atoms with Gasteiger partial charge in [0.1, 0.15) is 0 Å². The molecule has 1 atom stereocenters. The van der Waals surface area contributed by atoms with Gasteiger partial charge >= 0.3 is 0 Å². The van der Waals surface area contributed by atoms with Gasteiger partial charge in [-0.05, 0) is 31.1 Å². The molecule has 3 rings (SSSR count). The Morgan fingerprint density at radius 2 is 1.95 bits per heavy atom. The maximum absolute atomic E-state index is 5.50. The van der Waals surface area contributed by atoms with Gasteiger partial charge in [0.2, 0.25) is 0 Å². The summed E-state index contributed by atoms with van der Waals surface area (Å²) in [6.45, 7) is 10.9. The Bertz CT molecular complexity index is 451. The molecule has 1 unspecified atom stereocenters. The zero-order valence-electron chi connectivity index (χ0n) is 13.6. The number of rotatable bonds is 3. The smallest absolute Gasteiger partial charge is 0.0832 e. The van der Waals surface area contributed by atoms with Crippen LogP contribution in [-0.4, -0.2) is 52.2 Å². The van der Waals surface area contributed by atoms with Gasteiger partial charge < -0.3 is 4.74 Å². The van der Waals surface area contributed by atoms with Gasteiger partial charge in [0.05, 0.1) is 18.3 Å². The second-order valence-corrected chi connectivity index (χ2v) is 7.71. The van der Waals surface area contributed by atoms with Gasteiger partial charge in [0.25, 0.3) is 0 Å². The molecule has 21 heavy (non-hydrogen) atoms. The van der Waals surface area contributed by atoms with Crippen molar-refractivity contribution in [3.05, 3.63) is 11.9 Å². The second-order valence-electron chi connectivity index (χ2n) is 7.71. The number of hydrogen-bond donors (Lipinski definition) is 0. The van der Waals surface area contributed by atoms with E-state index in [-0.39, 0.29) is 5.41 Å². The van der Waals surface area contributed by atoms with Crippen LogP contribution in [0, 0.1) is 5.41 Å². The summed E-state index contributed by atoms with van der Waals surface area (Å²) in [6.07, 6.45) is 6.70. The third-order valence-corrected chi connectivity index (χ3v) is 4.56. The van der Waals surface area contributed by atoms with Crippen LogP contribution in [0.4, 0.5) is 0 Å². The number of likely N-dealkylation sites (tertiary alicyclic amines) is 1. The van der Waals surface area contributed by atoms with E-state index in [0.29, 0.717) is 12.1 Å². The summed E-state index contributed by atoms with van der Waals surface area (Å²) >= 11 is 0. The highest BCUT2D eigenvalue weighted by atomic mass is 16.5. The Hall–Kier alpha value is -0.940. The molecule has 2 saturated heterocycles. The first-order chi connectivity index (χ1) is 10.0. The van der Waals surface area contributed by atoms with E-state index in [2.05, 4.69) is 46.9 Å². The molecule has 0 bridgehead atoms. The standard InChI is InChI=1S/C16H28N4O/c1-16(2,3)10-13-11-20(18-17-13)14-4-7-19(8-5-14)15-6-9-21-12-15/h11,14-15H,4-10,12H2,1-3H3. The maximum Gasteiger partial charge on any atom is 0.0832 e. The molecule has 2 aliphatic heterocycles. The first kappa shape index (κ1) is 15.0. The predicted molar refractivity (Wildman–Crippen MR) is 82.2 cm³/mol. The van der Waals surface area contributed by atoms with Crippen LogP contribution in [0.1, 0.15) is 51.8 Å². The Kier molecular flexibility index (Phi) is 4.31. The van der Waals surface area contributed by atoms with E-state index in [4.69, 9.17) is 4.74 Å². The first-order valence-electron chi connectivity index (χ1n) is 8.24. The summed E-state index contributed by atoms with van der Waals surface area (Å²) in [5.74, 6) is 0. The lowest BCUT2D eigenvalue weighted by atomic mass is 9.91. The zero-order valence-corrected chi connectivity index (χ0v) is 13.6. The van der Waals surface area contributed by atoms with Gasteiger partial charge in [-0.2, -0.15) is 0 Å². The Morgan fingerprint density at radius 1 is 1.19 bits per heavy atom. The van der Waals surface area contributed by atoms with Crippen molar-refractivity contribution in [3.8, 4) is 0 Å². The van der Waals surface area contributed by atoms with E-state index in [0.717, 1.165) is 38.4 Å². The highest BCUT2D eigenvalue weighted by molar-refractivity contribution is 4.97. The molecular weight excluding hydrogens is 264 g/mol. The van der Waals surface area contributed by atoms with E-state index >= 15 is 0 Å². The molecule has 0 spiro atoms. The summed E-state index contributed by atoms with van der Waals surface area (Å²) in [5, 5.41) is 8.72. The van der Waals surface area contributed by atoms with Crippen molar-refractivity contribution >= 4 is 0 Å². The minimum atomic E-state index is 0.271. The summed E-state index contributed by atoms with van der Waals surface area (Å²) < 4.78 is 7.60. The Labute approximate surface area is 127 Å². The lowest BCUT2D eigenvalue weighted by Gasteiger charge is -2.35. The Morgan fingerprint density at radius 3 is 2.57 bits per heavy atom. The molecule has 2 aliphatic rings. The molecule has 0 radical (unpaired) electrons. The van der Waals surface area contributed by atoms with Crippen molar-refractivity contribution in [1.82, 2.24) is 19.9 Å². The molecule has 1 aromatic heterocycles. The second kappa shape index (κ2) is 6.05. The quantitative estimate of drug-likeness (QED) is 0.857. The number of aromatic nitrogens is 3. The topological polar surface area (TPSA) is 43.2 Å². The van der Waals surface area contributed by atoms with E-state index in [1.807, 2.05) is 0 Å². The molecule has 0 aromatic carbocycles. The average Bonchev–Trinajstić information content (AvgIpc) is 3.08. The molecule has 5 heteroatoms. The number of hydrogen-bond acceptors (Lipinski definition) is 4. The fourth-order valence-electron chi connectivity index (χ4n) is 3.44. The van der Waals surface area contributed by atoms with Crippen molar-refractivity contribution in [1.29, 1.82) is 0 Å². The van der Waals surface area contributed by atoms with E-state index in [9.17, 15) is 0 Å². The van der Waals surface area contributed by atoms with Gasteiger partial charge in [-0.15, -0.1) is 5.10 Å². The van der Waals surface area contributed by atoms with Crippen molar-refractivity contribution in [2.24, 2.45) is 5.41 Å². The molecule has 118 valence electrons. The van der Waals surface area contributed by atoms with Crippen LogP contribution in [0.2, 0.25) is 0 Å². The molecule has 0 aliphatic carbocycles. The van der Waals surface area contributed by atoms with Crippen molar-refractivity contribution in [2.45, 2.75) is 58.5 Å². The minimum Gasteiger partial charge on any atom is -0.380 e. The third kappa shape index (κ3) is 3.83. The number of ether oxygens (including phenoxy) is 1. The van der Waals surface area contributed by atoms with Gasteiger partial charge in [0, 0.05) is 31.9 Å². The van der Waals surface area contributed by atoms with Crippen molar-refractivity contribution < 1.29 is 4.74 Å². The lowest BCUT2D eigenvalue weighted by Crippen LogP contribution is -2.42. The molecule has 2 fully saturated rings. The highest BCUT2D eigenvalue weighted by Crippen LogP contribution is 2.26. The van der Waals surface area contributed by atoms with Crippen molar-refractivity contribution in [3.63, 3.8) is 0 Å². The summed E-state index contributed by atoms with van der Waals surface area (Å²) in [7, 11) is 0. The predicted octanol–water partition coefficient (Wildman–Crippen LogP) is 2.29. The van der Waals surface area contributed by atoms with Crippen molar-refractivity contribution in [2.75, 3.05) is 26.3 Å². The number of nitrogens with zero attached hydrogens (tertiary/aromatic N) is 4. The molecule has 3 heterocycles. The molecule has 0 saturated carbocycles. The highest BCUT2D eigenvalue weighted by Gasteiger charge is 2.28. The SMILES string of the molecule is CC(C)(C)Cc1cn(C2CCN(C3CCOC3)CC2)nn1. The Balaban J connectivity index is 1.54. The summed E-state index contributed by atoms with van der Waals surface area (Å²) in [5.41, 5.74) is 1.39. The zero-order chi connectivity index (χ0) is 14.9. The molecule has 1 aromatic rings. The van der Waals surface area contributed by atoms with E-state index < -0.39 is 0 Å². The number of piperidine rings is 1. The van der Waals surface area contributed by atoms with E-state index in [1.165, 1.54) is 19.3 Å². The molecular formula is C16H28N4O. The molecule has 0 amide bonds. The van der Waals surface area contributed by atoms with Gasteiger partial charge in [-0.25, -0.2) is 4.68 Å². The van der Waals surface area contributed by atoms with Crippen LogP contribution in [0.5, 0.6) is 0 Å². The van der Waals surface area contributed by atoms with Crippen LogP contribution in [0.3, 0.4) is 0 Å². The van der Waals surface area contributed by atoms with E-state index in [1.54, 1.807) is 0 Å². The monoisotopic (exact) mass is 292 g/mol. The first-order valence-corrected chi connectivity index (χ1v) is 8.24. The lowest BCUT2D eigenvalue weighted by molar-refractivity contribution is 0.109. The summed E-state index contributed by atoms with van der Waals surface area (Å²) in [4.78, 5) is 2.59. The van der Waals surface area contributed by atoms with Gasteiger partial charge in [-0.3, -0.25) is 4.90 Å². The molecule has 5 nitrogen and oxygen atoms in total. The maximum atomic E-state index is 5.50. The van der Waals surface area contributed by atoms with Crippen LogP contribution in [-0.2, 0) is 11.2 Å². The van der Waals surface area contributed by atoms with Crippen LogP contribution in [0.15, 0.2) is 6.20 Å².